The molecular weight excluding hydrogens is 202 g/mol. The molecule has 0 unspecified atom stereocenters. The quantitative estimate of drug-likeness (QED) is 0.826. The monoisotopic (exact) mass is 219 g/mol. The van der Waals surface area contributed by atoms with Gasteiger partial charge < -0.3 is 10.1 Å². The molecule has 16 heavy (non-hydrogen) atoms. The van der Waals surface area contributed by atoms with Gasteiger partial charge in [0.15, 0.2) is 0 Å². The standard InChI is InChI=1S/C12H17N3O/c1-12(2,9-13)6-7-14-10-4-5-11(16-3)15-8-10/h4-5,8,14H,6-7H2,1-3H3. The Bertz CT molecular complexity index is 365. The maximum absolute atomic E-state index is 8.85. The summed E-state index contributed by atoms with van der Waals surface area (Å²) in [6.45, 7) is 4.62. The number of pyridine rings is 1. The van der Waals surface area contributed by atoms with Crippen LogP contribution in [0.1, 0.15) is 20.3 Å². The van der Waals surface area contributed by atoms with E-state index in [-0.39, 0.29) is 5.41 Å². The Hall–Kier alpha value is -1.76. The van der Waals surface area contributed by atoms with Gasteiger partial charge in [0.05, 0.1) is 30.5 Å². The smallest absolute Gasteiger partial charge is 0.213 e. The van der Waals surface area contributed by atoms with Gasteiger partial charge in [-0.2, -0.15) is 5.26 Å². The summed E-state index contributed by atoms with van der Waals surface area (Å²) in [6, 6.07) is 5.98. The van der Waals surface area contributed by atoms with Crippen LogP contribution in [0.25, 0.3) is 0 Å². The van der Waals surface area contributed by atoms with Crippen LogP contribution in [0.2, 0.25) is 0 Å². The van der Waals surface area contributed by atoms with Crippen LogP contribution in [-0.4, -0.2) is 18.6 Å². The highest BCUT2D eigenvalue weighted by Crippen LogP contribution is 2.18. The van der Waals surface area contributed by atoms with E-state index >= 15 is 0 Å². The maximum atomic E-state index is 8.85. The summed E-state index contributed by atoms with van der Waals surface area (Å²) < 4.78 is 4.96. The van der Waals surface area contributed by atoms with Crippen molar-refractivity contribution in [3.05, 3.63) is 18.3 Å². The van der Waals surface area contributed by atoms with Crippen LogP contribution in [0.15, 0.2) is 18.3 Å². The zero-order valence-corrected chi connectivity index (χ0v) is 9.95. The topological polar surface area (TPSA) is 57.9 Å². The van der Waals surface area contributed by atoms with Crippen molar-refractivity contribution in [2.24, 2.45) is 5.41 Å². The van der Waals surface area contributed by atoms with E-state index in [9.17, 15) is 0 Å². The molecule has 4 nitrogen and oxygen atoms in total. The second-order valence-corrected chi connectivity index (χ2v) is 4.26. The minimum Gasteiger partial charge on any atom is -0.481 e. The molecular formula is C12H17N3O. The Morgan fingerprint density at radius 1 is 1.50 bits per heavy atom. The van der Waals surface area contributed by atoms with Gasteiger partial charge in [-0.25, -0.2) is 4.98 Å². The highest BCUT2D eigenvalue weighted by atomic mass is 16.5. The summed E-state index contributed by atoms with van der Waals surface area (Å²) in [5.41, 5.74) is 0.655. The minimum absolute atomic E-state index is 0.285. The first-order chi connectivity index (χ1) is 7.57. The molecule has 0 aliphatic rings. The number of anilines is 1. The van der Waals surface area contributed by atoms with Gasteiger partial charge >= 0.3 is 0 Å². The van der Waals surface area contributed by atoms with Gasteiger partial charge in [0.25, 0.3) is 0 Å². The first-order valence-electron chi connectivity index (χ1n) is 5.22. The lowest BCUT2D eigenvalue weighted by Gasteiger charge is -2.15. The van der Waals surface area contributed by atoms with Crippen LogP contribution in [0.4, 0.5) is 5.69 Å². The fourth-order valence-electron chi connectivity index (χ4n) is 1.18. The lowest BCUT2D eigenvalue weighted by Crippen LogP contribution is -2.14. The number of methoxy groups -OCH3 is 1. The Labute approximate surface area is 96.3 Å². The molecule has 86 valence electrons. The van der Waals surface area contributed by atoms with Crippen LogP contribution >= 0.6 is 0 Å². The summed E-state index contributed by atoms with van der Waals surface area (Å²) in [4.78, 5) is 4.08. The molecule has 1 N–H and O–H groups in total. The molecule has 0 radical (unpaired) electrons. The number of hydrogen-bond acceptors (Lipinski definition) is 4. The third-order valence-corrected chi connectivity index (χ3v) is 2.33. The van der Waals surface area contributed by atoms with E-state index in [4.69, 9.17) is 10.00 Å². The fourth-order valence-corrected chi connectivity index (χ4v) is 1.18. The first kappa shape index (κ1) is 12.3. The number of rotatable bonds is 5. The van der Waals surface area contributed by atoms with Gasteiger partial charge in [-0.05, 0) is 26.3 Å². The van der Waals surface area contributed by atoms with Crippen molar-refractivity contribution >= 4 is 5.69 Å². The number of ether oxygens (including phenoxy) is 1. The first-order valence-corrected chi connectivity index (χ1v) is 5.22. The Kier molecular flexibility index (Phi) is 4.12. The normalized spacial score (nSPS) is 10.6. The number of hydrogen-bond donors (Lipinski definition) is 1. The number of nitrogens with one attached hydrogen (secondary N) is 1. The molecule has 0 spiro atoms. The average molecular weight is 219 g/mol. The molecule has 0 bridgehead atoms. The van der Waals surface area contributed by atoms with Crippen LogP contribution in [0.3, 0.4) is 0 Å². The predicted octanol–water partition coefficient (Wildman–Crippen LogP) is 2.44. The molecule has 0 fully saturated rings. The summed E-state index contributed by atoms with van der Waals surface area (Å²) in [6.07, 6.45) is 2.52. The van der Waals surface area contributed by atoms with Crippen LogP contribution in [0.5, 0.6) is 5.88 Å². The Balaban J connectivity index is 2.41. The van der Waals surface area contributed by atoms with E-state index in [0.29, 0.717) is 5.88 Å². The van der Waals surface area contributed by atoms with E-state index in [1.165, 1.54) is 0 Å². The molecule has 0 saturated heterocycles. The second-order valence-electron chi connectivity index (χ2n) is 4.26. The SMILES string of the molecule is COc1ccc(NCCC(C)(C)C#N)cn1. The minimum atomic E-state index is -0.285. The summed E-state index contributed by atoms with van der Waals surface area (Å²) in [5.74, 6) is 0.600. The van der Waals surface area contributed by atoms with Gasteiger partial charge in [0.1, 0.15) is 0 Å². The second kappa shape index (κ2) is 5.36. The lowest BCUT2D eigenvalue weighted by atomic mass is 9.91. The van der Waals surface area contributed by atoms with Gasteiger partial charge in [-0.15, -0.1) is 0 Å². The zero-order valence-electron chi connectivity index (χ0n) is 9.95. The maximum Gasteiger partial charge on any atom is 0.213 e. The van der Waals surface area contributed by atoms with Crippen LogP contribution in [-0.2, 0) is 0 Å². The number of nitrogens with zero attached hydrogens (tertiary/aromatic N) is 2. The molecule has 1 aromatic heterocycles. The molecule has 1 heterocycles. The predicted molar refractivity (Wildman–Crippen MR) is 63.3 cm³/mol. The average Bonchev–Trinajstić information content (AvgIpc) is 2.30. The number of aromatic nitrogens is 1. The van der Waals surface area contributed by atoms with Crippen molar-refractivity contribution in [1.29, 1.82) is 5.26 Å². The van der Waals surface area contributed by atoms with Crippen molar-refractivity contribution < 1.29 is 4.74 Å². The molecule has 0 atom stereocenters. The molecule has 0 aliphatic carbocycles. The lowest BCUT2D eigenvalue weighted by molar-refractivity contribution is 0.398. The summed E-state index contributed by atoms with van der Waals surface area (Å²) in [5, 5.41) is 12.1. The number of nitriles is 1. The summed E-state index contributed by atoms with van der Waals surface area (Å²) in [7, 11) is 1.59. The molecule has 0 amide bonds. The van der Waals surface area contributed by atoms with Gasteiger partial charge in [-0.1, -0.05) is 0 Å². The molecule has 4 heteroatoms. The van der Waals surface area contributed by atoms with E-state index in [0.717, 1.165) is 18.7 Å². The fraction of sp³-hybridized carbons (Fsp3) is 0.500. The third kappa shape index (κ3) is 3.77. The van der Waals surface area contributed by atoms with Crippen molar-refractivity contribution in [3.8, 4) is 11.9 Å². The Morgan fingerprint density at radius 3 is 2.75 bits per heavy atom. The van der Waals surface area contributed by atoms with Crippen molar-refractivity contribution in [2.75, 3.05) is 19.0 Å². The highest BCUT2D eigenvalue weighted by molar-refractivity contribution is 5.41. The summed E-state index contributed by atoms with van der Waals surface area (Å²) >= 11 is 0. The van der Waals surface area contributed by atoms with Crippen molar-refractivity contribution in [1.82, 2.24) is 4.98 Å². The van der Waals surface area contributed by atoms with Crippen LogP contribution in [0, 0.1) is 16.7 Å². The van der Waals surface area contributed by atoms with E-state index in [1.54, 1.807) is 19.4 Å². The molecule has 0 saturated carbocycles. The molecule has 1 aromatic rings. The van der Waals surface area contributed by atoms with Crippen LogP contribution < -0.4 is 10.1 Å². The van der Waals surface area contributed by atoms with Gasteiger partial charge in [0, 0.05) is 12.6 Å². The molecule has 0 aliphatic heterocycles. The Morgan fingerprint density at radius 2 is 2.25 bits per heavy atom. The van der Waals surface area contributed by atoms with Crippen molar-refractivity contribution in [3.63, 3.8) is 0 Å². The van der Waals surface area contributed by atoms with E-state index in [1.807, 2.05) is 19.9 Å². The third-order valence-electron chi connectivity index (χ3n) is 2.33. The molecule has 0 aromatic carbocycles. The van der Waals surface area contributed by atoms with Gasteiger partial charge in [0.2, 0.25) is 5.88 Å². The largest absolute Gasteiger partial charge is 0.481 e. The molecule has 1 rings (SSSR count). The van der Waals surface area contributed by atoms with E-state index in [2.05, 4.69) is 16.4 Å². The van der Waals surface area contributed by atoms with Crippen molar-refractivity contribution in [2.45, 2.75) is 20.3 Å². The zero-order chi connectivity index (χ0) is 12.0. The highest BCUT2D eigenvalue weighted by Gasteiger charge is 2.15. The van der Waals surface area contributed by atoms with Gasteiger partial charge in [-0.3, -0.25) is 0 Å². The van der Waals surface area contributed by atoms with E-state index < -0.39 is 0 Å².